The number of nitrogens with zero attached hydrogens (tertiary/aromatic N) is 3. The van der Waals surface area contributed by atoms with E-state index in [4.69, 9.17) is 0 Å². The summed E-state index contributed by atoms with van der Waals surface area (Å²) in [7, 11) is 0. The third-order valence-corrected chi connectivity index (χ3v) is 4.16. The monoisotopic (exact) mass is 292 g/mol. The van der Waals surface area contributed by atoms with Crippen molar-refractivity contribution in [3.05, 3.63) is 18.2 Å². The molecule has 1 atom stereocenters. The van der Waals surface area contributed by atoms with Crippen LogP contribution in [0.4, 0.5) is 17.1 Å². The first-order valence-electron chi connectivity index (χ1n) is 6.64. The molecular weight excluding hydrogens is 276 g/mol. The molecule has 2 N–H and O–H groups in total. The zero-order chi connectivity index (χ0) is 13.9. The van der Waals surface area contributed by atoms with E-state index < -0.39 is 0 Å². The van der Waals surface area contributed by atoms with E-state index in [-0.39, 0.29) is 18.6 Å². The number of aliphatic hydroxyl groups excluding tert-OH is 1. The van der Waals surface area contributed by atoms with Crippen LogP contribution in [0.15, 0.2) is 26.9 Å². The Morgan fingerprint density at radius 1 is 1.50 bits per heavy atom. The molecule has 2 aliphatic heterocycles. The molecule has 0 saturated carbocycles. The van der Waals surface area contributed by atoms with E-state index in [2.05, 4.69) is 14.0 Å². The molecule has 20 heavy (non-hydrogen) atoms. The summed E-state index contributed by atoms with van der Waals surface area (Å²) in [5.74, 6) is -0.0779. The third kappa shape index (κ3) is 2.65. The molecule has 0 aromatic heterocycles. The molecule has 0 radical (unpaired) electrons. The standard InChI is InChI=1S/C13H16N4O2S/c18-8-9-3-2-6-17(9)7-12(19)14-10-4-1-5-11-13(10)16-20-15-11/h1,4-5,9,18H,2-3,6-8H2,(H,14,19)/t9-/m0/s1. The van der Waals surface area contributed by atoms with Crippen molar-refractivity contribution in [1.29, 1.82) is 0 Å². The minimum Gasteiger partial charge on any atom is -0.395 e. The average molecular weight is 292 g/mol. The summed E-state index contributed by atoms with van der Waals surface area (Å²) in [5, 5.41) is 12.1. The van der Waals surface area contributed by atoms with Gasteiger partial charge in [0.15, 0.2) is 0 Å². The van der Waals surface area contributed by atoms with Crippen molar-refractivity contribution in [3.63, 3.8) is 0 Å². The van der Waals surface area contributed by atoms with Gasteiger partial charge in [0.2, 0.25) is 5.91 Å². The molecule has 0 bridgehead atoms. The SMILES string of the molecule is O=C(CN1CCC[C@H]1CO)Nc1cccc2c1N=S=N2. The number of anilines is 1. The zero-order valence-corrected chi connectivity index (χ0v) is 11.8. The topological polar surface area (TPSA) is 77.3 Å². The largest absolute Gasteiger partial charge is 0.395 e. The number of hydrogen-bond donors (Lipinski definition) is 2. The average Bonchev–Trinajstić information content (AvgIpc) is 3.07. The molecule has 1 saturated heterocycles. The van der Waals surface area contributed by atoms with Crippen molar-refractivity contribution in [2.45, 2.75) is 18.9 Å². The van der Waals surface area contributed by atoms with Gasteiger partial charge in [0, 0.05) is 6.04 Å². The number of rotatable bonds is 4. The minimum absolute atomic E-state index is 0.0779. The van der Waals surface area contributed by atoms with Gasteiger partial charge in [-0.1, -0.05) is 6.07 Å². The van der Waals surface area contributed by atoms with E-state index in [0.717, 1.165) is 42.1 Å². The number of nitrogens with one attached hydrogen (secondary N) is 1. The van der Waals surface area contributed by atoms with E-state index in [0.29, 0.717) is 12.2 Å². The first-order chi connectivity index (χ1) is 9.78. The highest BCUT2D eigenvalue weighted by atomic mass is 32.1. The minimum atomic E-state index is -0.0779. The van der Waals surface area contributed by atoms with Crippen molar-refractivity contribution in [2.75, 3.05) is 25.0 Å². The first-order valence-corrected chi connectivity index (χ1v) is 7.37. The highest BCUT2D eigenvalue weighted by molar-refractivity contribution is 7.58. The smallest absolute Gasteiger partial charge is 0.238 e. The maximum Gasteiger partial charge on any atom is 0.238 e. The van der Waals surface area contributed by atoms with Crippen LogP contribution in [0.3, 0.4) is 0 Å². The summed E-state index contributed by atoms with van der Waals surface area (Å²) in [4.78, 5) is 14.1. The molecule has 1 aromatic carbocycles. The zero-order valence-electron chi connectivity index (χ0n) is 11.0. The Balaban J connectivity index is 1.65. The van der Waals surface area contributed by atoms with Gasteiger partial charge in [-0.15, -0.1) is 0 Å². The molecule has 7 heteroatoms. The fourth-order valence-corrected chi connectivity index (χ4v) is 3.14. The van der Waals surface area contributed by atoms with E-state index >= 15 is 0 Å². The Hall–Kier alpha value is -1.57. The highest BCUT2D eigenvalue weighted by Gasteiger charge is 2.25. The van der Waals surface area contributed by atoms with Gasteiger partial charge >= 0.3 is 0 Å². The molecule has 0 aliphatic carbocycles. The number of hydrogen-bond acceptors (Lipinski definition) is 5. The summed E-state index contributed by atoms with van der Waals surface area (Å²) >= 11 is 1.14. The third-order valence-electron chi connectivity index (χ3n) is 3.62. The summed E-state index contributed by atoms with van der Waals surface area (Å²) in [6, 6.07) is 5.66. The second kappa shape index (κ2) is 5.82. The predicted octanol–water partition coefficient (Wildman–Crippen LogP) is 1.81. The Morgan fingerprint density at radius 3 is 3.25 bits per heavy atom. The summed E-state index contributed by atoms with van der Waals surface area (Å²) in [6.45, 7) is 1.28. The highest BCUT2D eigenvalue weighted by Crippen LogP contribution is 2.38. The number of likely N-dealkylation sites (tertiary alicyclic amines) is 1. The van der Waals surface area contributed by atoms with Crippen LogP contribution in [0.5, 0.6) is 0 Å². The Morgan fingerprint density at radius 2 is 2.40 bits per heavy atom. The van der Waals surface area contributed by atoms with Gasteiger partial charge in [0.1, 0.15) is 11.4 Å². The van der Waals surface area contributed by atoms with Crippen LogP contribution in [-0.4, -0.2) is 41.7 Å². The van der Waals surface area contributed by atoms with Crippen LogP contribution in [0.2, 0.25) is 0 Å². The van der Waals surface area contributed by atoms with Crippen molar-refractivity contribution in [1.82, 2.24) is 4.90 Å². The molecule has 2 aliphatic rings. The number of amides is 1. The molecule has 0 unspecified atom stereocenters. The normalized spacial score (nSPS) is 20.8. The van der Waals surface area contributed by atoms with Crippen LogP contribution in [0.25, 0.3) is 0 Å². The molecular formula is C13H16N4O2S. The predicted molar refractivity (Wildman–Crippen MR) is 78.3 cm³/mol. The summed E-state index contributed by atoms with van der Waals surface area (Å²) in [5.41, 5.74) is 2.22. The summed E-state index contributed by atoms with van der Waals surface area (Å²) in [6.07, 6.45) is 1.99. The molecule has 3 rings (SSSR count). The van der Waals surface area contributed by atoms with Gasteiger partial charge < -0.3 is 10.4 Å². The lowest BCUT2D eigenvalue weighted by atomic mass is 10.2. The maximum atomic E-state index is 12.1. The quantitative estimate of drug-likeness (QED) is 0.902. The van der Waals surface area contributed by atoms with Crippen LogP contribution in [0.1, 0.15) is 12.8 Å². The molecule has 0 spiro atoms. The Labute approximate surface area is 120 Å². The number of aliphatic hydroxyl groups is 1. The van der Waals surface area contributed by atoms with E-state index in [1.165, 1.54) is 0 Å². The van der Waals surface area contributed by atoms with Crippen molar-refractivity contribution in [2.24, 2.45) is 8.73 Å². The number of benzene rings is 1. The fraction of sp³-hybridized carbons (Fsp3) is 0.462. The van der Waals surface area contributed by atoms with Crippen LogP contribution in [0, 0.1) is 0 Å². The molecule has 6 nitrogen and oxygen atoms in total. The molecule has 1 aromatic rings. The van der Waals surface area contributed by atoms with Gasteiger partial charge in [0.25, 0.3) is 0 Å². The van der Waals surface area contributed by atoms with Crippen LogP contribution in [-0.2, 0) is 16.1 Å². The molecule has 106 valence electrons. The fourth-order valence-electron chi connectivity index (χ4n) is 2.59. The summed E-state index contributed by atoms with van der Waals surface area (Å²) < 4.78 is 8.35. The number of carbonyl (C=O) groups is 1. The molecule has 1 fully saturated rings. The second-order valence-corrected chi connectivity index (χ2v) is 5.46. The van der Waals surface area contributed by atoms with Gasteiger partial charge in [-0.05, 0) is 31.5 Å². The van der Waals surface area contributed by atoms with Crippen molar-refractivity contribution < 1.29 is 9.90 Å². The Kier molecular flexibility index (Phi) is 3.90. The van der Waals surface area contributed by atoms with Crippen LogP contribution >= 0.6 is 0 Å². The van der Waals surface area contributed by atoms with Gasteiger partial charge in [-0.2, -0.15) is 8.73 Å². The lowest BCUT2D eigenvalue weighted by molar-refractivity contribution is -0.117. The van der Waals surface area contributed by atoms with Gasteiger partial charge in [-0.25, -0.2) is 0 Å². The van der Waals surface area contributed by atoms with E-state index in [1.807, 2.05) is 23.1 Å². The first kappa shape index (κ1) is 13.4. The maximum absolute atomic E-state index is 12.1. The number of fused-ring (bicyclic) bond motifs is 1. The Bertz CT molecular complexity index is 598. The van der Waals surface area contributed by atoms with Crippen LogP contribution < -0.4 is 5.32 Å². The van der Waals surface area contributed by atoms with Gasteiger partial charge in [0.05, 0.1) is 30.2 Å². The number of carbonyl (C=O) groups excluding carboxylic acids is 1. The molecule has 1 amide bonds. The lowest BCUT2D eigenvalue weighted by Gasteiger charge is -2.21. The van der Waals surface area contributed by atoms with Gasteiger partial charge in [-0.3, -0.25) is 9.69 Å². The second-order valence-electron chi connectivity index (χ2n) is 4.93. The van der Waals surface area contributed by atoms with Crippen molar-refractivity contribution >= 4 is 34.3 Å². The molecule has 2 heterocycles. The van der Waals surface area contributed by atoms with Crippen molar-refractivity contribution in [3.8, 4) is 0 Å². The van der Waals surface area contributed by atoms with E-state index in [9.17, 15) is 9.90 Å². The lowest BCUT2D eigenvalue weighted by Crippen LogP contribution is -2.38. The van der Waals surface area contributed by atoms with E-state index in [1.54, 1.807) is 0 Å².